The molecule has 0 fully saturated rings. The summed E-state index contributed by atoms with van der Waals surface area (Å²) < 4.78 is 26.6. The molecule has 7 heteroatoms. The molecule has 0 aliphatic rings. The minimum absolute atomic E-state index is 0.0838. The Hall–Kier alpha value is -1.44. The lowest BCUT2D eigenvalue weighted by molar-refractivity contribution is 0.471. The summed E-state index contributed by atoms with van der Waals surface area (Å²) in [7, 11) is -1.99. The second kappa shape index (κ2) is 7.02. The third-order valence-electron chi connectivity index (χ3n) is 3.05. The van der Waals surface area contributed by atoms with Crippen molar-refractivity contribution < 1.29 is 8.42 Å². The molecule has 0 radical (unpaired) electrons. The van der Waals surface area contributed by atoms with E-state index in [2.05, 4.69) is 10.3 Å². The van der Waals surface area contributed by atoms with Crippen LogP contribution < -0.4 is 5.32 Å². The summed E-state index contributed by atoms with van der Waals surface area (Å²) >= 11 is 1.63. The first-order chi connectivity index (χ1) is 10.1. The summed E-state index contributed by atoms with van der Waals surface area (Å²) in [6, 6.07) is 7.44. The van der Waals surface area contributed by atoms with Crippen LogP contribution in [0.15, 0.2) is 40.9 Å². The average molecular weight is 325 g/mol. The molecule has 0 spiro atoms. The summed E-state index contributed by atoms with van der Waals surface area (Å²) in [4.78, 5) is 5.22. The lowest BCUT2D eigenvalue weighted by Crippen LogP contribution is -2.30. The number of anilines is 1. The molecule has 0 aliphatic carbocycles. The molecular weight excluding hydrogens is 306 g/mol. The maximum atomic E-state index is 12.6. The zero-order valence-corrected chi connectivity index (χ0v) is 13.7. The molecule has 21 heavy (non-hydrogen) atoms. The van der Waals surface area contributed by atoms with E-state index >= 15 is 0 Å². The van der Waals surface area contributed by atoms with Gasteiger partial charge in [0, 0.05) is 31.2 Å². The minimum atomic E-state index is -3.58. The Morgan fingerprint density at radius 3 is 2.81 bits per heavy atom. The Labute approximate surface area is 129 Å². The van der Waals surface area contributed by atoms with Gasteiger partial charge >= 0.3 is 0 Å². The monoisotopic (exact) mass is 325 g/mol. The van der Waals surface area contributed by atoms with E-state index in [-0.39, 0.29) is 5.03 Å². The molecule has 114 valence electrons. The largest absolute Gasteiger partial charge is 0.383 e. The molecular formula is C14H19N3O2S2. The van der Waals surface area contributed by atoms with Crippen LogP contribution in [0.4, 0.5) is 5.69 Å². The number of nitrogens with one attached hydrogen (secondary N) is 1. The Morgan fingerprint density at radius 1 is 1.33 bits per heavy atom. The molecule has 5 nitrogen and oxygen atoms in total. The van der Waals surface area contributed by atoms with Gasteiger partial charge in [-0.3, -0.25) is 0 Å². The maximum Gasteiger partial charge on any atom is 0.262 e. The molecule has 0 saturated carbocycles. The number of hydrogen-bond acceptors (Lipinski definition) is 5. The SMILES string of the molecule is CCNc1cccnc1S(=O)(=O)N(C)CCc1cccs1. The van der Waals surface area contributed by atoms with Crippen molar-refractivity contribution in [3.63, 3.8) is 0 Å². The van der Waals surface area contributed by atoms with Crippen LogP contribution in [-0.2, 0) is 16.4 Å². The van der Waals surface area contributed by atoms with E-state index in [0.717, 1.165) is 0 Å². The van der Waals surface area contributed by atoms with Gasteiger partial charge in [0.1, 0.15) is 0 Å². The molecule has 2 aromatic heterocycles. The van der Waals surface area contributed by atoms with Crippen LogP contribution in [0.5, 0.6) is 0 Å². The minimum Gasteiger partial charge on any atom is -0.383 e. The van der Waals surface area contributed by atoms with Crippen LogP contribution >= 0.6 is 11.3 Å². The molecule has 0 unspecified atom stereocenters. The van der Waals surface area contributed by atoms with Crippen LogP contribution in [0.25, 0.3) is 0 Å². The number of thiophene rings is 1. The standard InChI is InChI=1S/C14H19N3O2S2/c1-3-15-13-7-4-9-16-14(13)21(18,19)17(2)10-8-12-6-5-11-20-12/h4-7,9,11,15H,3,8,10H2,1-2H3. The second-order valence-corrected chi connectivity index (χ2v) is 7.53. The highest BCUT2D eigenvalue weighted by molar-refractivity contribution is 7.89. The van der Waals surface area contributed by atoms with Crippen LogP contribution in [0.2, 0.25) is 0 Å². The van der Waals surface area contributed by atoms with Gasteiger partial charge in [-0.05, 0) is 36.9 Å². The number of likely N-dealkylation sites (N-methyl/N-ethyl adjacent to an activating group) is 1. The van der Waals surface area contributed by atoms with Gasteiger partial charge in [-0.1, -0.05) is 6.07 Å². The second-order valence-electron chi connectivity index (χ2n) is 4.54. The van der Waals surface area contributed by atoms with Gasteiger partial charge in [0.2, 0.25) is 0 Å². The van der Waals surface area contributed by atoms with E-state index in [1.807, 2.05) is 24.4 Å². The molecule has 0 bridgehead atoms. The number of nitrogens with zero attached hydrogens (tertiary/aromatic N) is 2. The highest BCUT2D eigenvalue weighted by Gasteiger charge is 2.25. The van der Waals surface area contributed by atoms with E-state index in [9.17, 15) is 8.42 Å². The van der Waals surface area contributed by atoms with E-state index < -0.39 is 10.0 Å². The Bertz CT molecular complexity index is 669. The first-order valence-electron chi connectivity index (χ1n) is 6.73. The van der Waals surface area contributed by atoms with Crippen LogP contribution in [-0.4, -0.2) is 37.8 Å². The summed E-state index contributed by atoms with van der Waals surface area (Å²) in [6.45, 7) is 3.00. The van der Waals surface area contributed by atoms with Crippen molar-refractivity contribution in [3.05, 3.63) is 40.7 Å². The van der Waals surface area contributed by atoms with Crippen molar-refractivity contribution in [1.29, 1.82) is 0 Å². The van der Waals surface area contributed by atoms with Crippen molar-refractivity contribution in [2.75, 3.05) is 25.5 Å². The van der Waals surface area contributed by atoms with Gasteiger partial charge in [0.05, 0.1) is 5.69 Å². The number of aromatic nitrogens is 1. The topological polar surface area (TPSA) is 62.3 Å². The van der Waals surface area contributed by atoms with Gasteiger partial charge in [-0.25, -0.2) is 13.4 Å². The molecule has 0 aliphatic heterocycles. The summed E-state index contributed by atoms with van der Waals surface area (Å²) in [5, 5.41) is 5.12. The lowest BCUT2D eigenvalue weighted by Gasteiger charge is -2.18. The average Bonchev–Trinajstić information content (AvgIpc) is 2.98. The van der Waals surface area contributed by atoms with Crippen molar-refractivity contribution in [1.82, 2.24) is 9.29 Å². The van der Waals surface area contributed by atoms with Crippen molar-refractivity contribution in [2.45, 2.75) is 18.4 Å². The number of hydrogen-bond donors (Lipinski definition) is 1. The molecule has 0 amide bonds. The summed E-state index contributed by atoms with van der Waals surface area (Å²) in [5.74, 6) is 0. The molecule has 0 aromatic carbocycles. The molecule has 0 saturated heterocycles. The van der Waals surface area contributed by atoms with Crippen molar-refractivity contribution in [3.8, 4) is 0 Å². The Balaban J connectivity index is 2.16. The van der Waals surface area contributed by atoms with Crippen molar-refractivity contribution in [2.24, 2.45) is 0 Å². The van der Waals surface area contributed by atoms with Crippen LogP contribution in [0, 0.1) is 0 Å². The van der Waals surface area contributed by atoms with E-state index in [1.54, 1.807) is 30.5 Å². The fraction of sp³-hybridized carbons (Fsp3) is 0.357. The van der Waals surface area contributed by atoms with E-state index in [4.69, 9.17) is 0 Å². The van der Waals surface area contributed by atoms with Gasteiger partial charge in [-0.2, -0.15) is 4.31 Å². The first kappa shape index (κ1) is 15.9. The molecule has 2 heterocycles. The quantitative estimate of drug-likeness (QED) is 0.849. The summed E-state index contributed by atoms with van der Waals surface area (Å²) in [5.41, 5.74) is 0.544. The fourth-order valence-corrected chi connectivity index (χ4v) is 3.85. The molecule has 2 rings (SSSR count). The predicted molar refractivity (Wildman–Crippen MR) is 86.2 cm³/mol. The van der Waals surface area contributed by atoms with Gasteiger partial charge in [0.15, 0.2) is 5.03 Å². The Kier molecular flexibility index (Phi) is 5.33. The van der Waals surface area contributed by atoms with Crippen LogP contribution in [0.1, 0.15) is 11.8 Å². The van der Waals surface area contributed by atoms with E-state index in [1.165, 1.54) is 15.4 Å². The normalized spacial score (nSPS) is 11.8. The smallest absolute Gasteiger partial charge is 0.262 e. The highest BCUT2D eigenvalue weighted by Crippen LogP contribution is 2.21. The molecule has 1 N–H and O–H groups in total. The molecule has 0 atom stereocenters. The number of sulfonamides is 1. The van der Waals surface area contributed by atoms with Gasteiger partial charge in [0.25, 0.3) is 10.0 Å². The highest BCUT2D eigenvalue weighted by atomic mass is 32.2. The first-order valence-corrected chi connectivity index (χ1v) is 9.05. The predicted octanol–water partition coefficient (Wildman–Crippen LogP) is 2.44. The van der Waals surface area contributed by atoms with E-state index in [0.29, 0.717) is 25.2 Å². The van der Waals surface area contributed by atoms with Gasteiger partial charge in [-0.15, -0.1) is 11.3 Å². The van der Waals surface area contributed by atoms with Crippen molar-refractivity contribution >= 4 is 27.0 Å². The maximum absolute atomic E-state index is 12.6. The zero-order chi connectivity index (χ0) is 15.3. The number of pyridine rings is 1. The van der Waals surface area contributed by atoms with Gasteiger partial charge < -0.3 is 5.32 Å². The Morgan fingerprint density at radius 2 is 2.14 bits per heavy atom. The third kappa shape index (κ3) is 3.81. The third-order valence-corrected chi connectivity index (χ3v) is 5.80. The number of rotatable bonds is 7. The fourth-order valence-electron chi connectivity index (χ4n) is 1.91. The zero-order valence-electron chi connectivity index (χ0n) is 12.1. The molecule has 2 aromatic rings. The summed E-state index contributed by atoms with van der Waals surface area (Å²) in [6.07, 6.45) is 2.21. The lowest BCUT2D eigenvalue weighted by atomic mass is 10.3. The van der Waals surface area contributed by atoms with Crippen LogP contribution in [0.3, 0.4) is 0 Å².